The Morgan fingerprint density at radius 2 is 1.91 bits per heavy atom. The molecule has 1 aromatic heterocycles. The van der Waals surface area contributed by atoms with E-state index in [0.717, 1.165) is 24.4 Å². The number of hydrogen-bond acceptors (Lipinski definition) is 4. The fourth-order valence-corrected chi connectivity index (χ4v) is 2.95. The molecule has 0 aliphatic rings. The molecule has 22 heavy (non-hydrogen) atoms. The average Bonchev–Trinajstić information content (AvgIpc) is 2.36. The predicted octanol–water partition coefficient (Wildman–Crippen LogP) is 4.13. The molecule has 0 spiro atoms. The lowest BCUT2D eigenvalue weighted by atomic mass is 10.2. The van der Waals surface area contributed by atoms with E-state index in [1.807, 2.05) is 0 Å². The van der Waals surface area contributed by atoms with Crippen molar-refractivity contribution < 1.29 is 26.3 Å². The molecule has 0 amide bonds. The second-order valence-corrected chi connectivity index (χ2v) is 6.86. The van der Waals surface area contributed by atoms with Crippen molar-refractivity contribution in [2.45, 2.75) is 18.0 Å². The Bertz CT molecular complexity index is 806. The van der Waals surface area contributed by atoms with Gasteiger partial charge in [0.05, 0.1) is 4.90 Å². The van der Waals surface area contributed by atoms with E-state index >= 15 is 0 Å². The van der Waals surface area contributed by atoms with E-state index in [1.54, 1.807) is 0 Å². The Morgan fingerprint density at radius 3 is 2.45 bits per heavy atom. The lowest BCUT2D eigenvalue weighted by Crippen LogP contribution is -2.08. The Kier molecular flexibility index (Phi) is 4.35. The van der Waals surface area contributed by atoms with Crippen molar-refractivity contribution in [2.75, 3.05) is 0 Å². The van der Waals surface area contributed by atoms with Crippen LogP contribution in [0.5, 0.6) is 11.6 Å². The lowest BCUT2D eigenvalue weighted by molar-refractivity contribution is -0.138. The van der Waals surface area contributed by atoms with Crippen LogP contribution < -0.4 is 4.74 Å². The van der Waals surface area contributed by atoms with Crippen LogP contribution >= 0.6 is 10.7 Å². The van der Waals surface area contributed by atoms with Crippen molar-refractivity contribution in [3.8, 4) is 11.6 Å². The number of pyridine rings is 1. The van der Waals surface area contributed by atoms with Gasteiger partial charge >= 0.3 is 6.18 Å². The number of aryl methyl sites for hydroxylation is 1. The molecule has 0 bridgehead atoms. The van der Waals surface area contributed by atoms with Gasteiger partial charge in [-0.05, 0) is 42.8 Å². The highest BCUT2D eigenvalue weighted by Crippen LogP contribution is 2.37. The lowest BCUT2D eigenvalue weighted by Gasteiger charge is -2.13. The number of nitrogens with zero attached hydrogens (tertiary/aromatic N) is 1. The fraction of sp³-hybridized carbons (Fsp3) is 0.154. The number of alkyl halides is 3. The summed E-state index contributed by atoms with van der Waals surface area (Å²) in [5, 5.41) is 0. The van der Waals surface area contributed by atoms with Gasteiger partial charge in [-0.3, -0.25) is 0 Å². The summed E-state index contributed by atoms with van der Waals surface area (Å²) in [6.07, 6.45) is -3.45. The number of aromatic nitrogens is 1. The minimum absolute atomic E-state index is 0.0192. The molecule has 0 fully saturated rings. The average molecular weight is 352 g/mol. The molecule has 0 saturated carbocycles. The largest absolute Gasteiger partial charge is 0.438 e. The zero-order chi connectivity index (χ0) is 16.5. The topological polar surface area (TPSA) is 56.3 Å². The highest BCUT2D eigenvalue weighted by atomic mass is 35.7. The van der Waals surface area contributed by atoms with Crippen LogP contribution in [0.1, 0.15) is 11.1 Å². The van der Waals surface area contributed by atoms with Crippen LogP contribution in [0.2, 0.25) is 0 Å². The van der Waals surface area contributed by atoms with E-state index in [4.69, 9.17) is 15.4 Å². The summed E-state index contributed by atoms with van der Waals surface area (Å²) in [4.78, 5) is 3.41. The fourth-order valence-electron chi connectivity index (χ4n) is 1.76. The molecule has 0 unspecified atom stereocenters. The van der Waals surface area contributed by atoms with Gasteiger partial charge in [-0.1, -0.05) is 0 Å². The molecule has 0 aliphatic heterocycles. The maximum Gasteiger partial charge on any atom is 0.421 e. The van der Waals surface area contributed by atoms with E-state index in [1.165, 1.54) is 19.1 Å². The number of rotatable bonds is 3. The van der Waals surface area contributed by atoms with Crippen LogP contribution in [-0.4, -0.2) is 13.4 Å². The Labute approximate surface area is 128 Å². The summed E-state index contributed by atoms with van der Waals surface area (Å²) in [5.41, 5.74) is -0.779. The third-order valence-corrected chi connectivity index (χ3v) is 4.18. The van der Waals surface area contributed by atoms with Crippen molar-refractivity contribution in [3.63, 3.8) is 0 Å². The number of hydrogen-bond donors (Lipinski definition) is 0. The smallest absolute Gasteiger partial charge is 0.421 e. The van der Waals surface area contributed by atoms with Crippen molar-refractivity contribution in [2.24, 2.45) is 0 Å². The zero-order valence-electron chi connectivity index (χ0n) is 11.1. The highest BCUT2D eigenvalue weighted by Gasteiger charge is 2.35. The molecule has 0 saturated heterocycles. The molecule has 4 nitrogen and oxygen atoms in total. The van der Waals surface area contributed by atoms with Crippen LogP contribution in [-0.2, 0) is 15.2 Å². The molecular formula is C13H9ClF3NO3S. The van der Waals surface area contributed by atoms with E-state index in [2.05, 4.69) is 4.98 Å². The summed E-state index contributed by atoms with van der Waals surface area (Å²) in [6, 6.07) is 5.61. The first kappa shape index (κ1) is 16.6. The van der Waals surface area contributed by atoms with Gasteiger partial charge in [0.15, 0.2) is 0 Å². The number of ether oxygens (including phenoxy) is 1. The number of halogens is 4. The maximum atomic E-state index is 12.8. The van der Waals surface area contributed by atoms with E-state index in [0.29, 0.717) is 0 Å². The summed E-state index contributed by atoms with van der Waals surface area (Å²) >= 11 is 0. The maximum absolute atomic E-state index is 12.8. The third-order valence-electron chi connectivity index (χ3n) is 2.70. The van der Waals surface area contributed by atoms with Crippen molar-refractivity contribution in [1.29, 1.82) is 0 Å². The van der Waals surface area contributed by atoms with Gasteiger partial charge in [0.2, 0.25) is 5.88 Å². The summed E-state index contributed by atoms with van der Waals surface area (Å²) in [7, 11) is 1.30. The molecular weight excluding hydrogens is 343 g/mol. The first-order chi connectivity index (χ1) is 10.1. The van der Waals surface area contributed by atoms with Crippen molar-refractivity contribution in [1.82, 2.24) is 4.98 Å². The van der Waals surface area contributed by atoms with Crippen LogP contribution in [0.15, 0.2) is 41.4 Å². The van der Waals surface area contributed by atoms with E-state index in [-0.39, 0.29) is 16.2 Å². The van der Waals surface area contributed by atoms with E-state index < -0.39 is 26.7 Å². The molecule has 0 aliphatic carbocycles. The van der Waals surface area contributed by atoms with Gasteiger partial charge in [-0.25, -0.2) is 13.4 Å². The minimum atomic E-state index is -4.61. The Balaban J connectivity index is 2.39. The molecule has 1 aromatic carbocycles. The second kappa shape index (κ2) is 5.77. The Hall–Kier alpha value is -1.80. The normalized spacial score (nSPS) is 12.2. The molecule has 1 heterocycles. The van der Waals surface area contributed by atoms with Gasteiger partial charge in [-0.15, -0.1) is 0 Å². The summed E-state index contributed by atoms with van der Waals surface area (Å²) < 4.78 is 66.2. The Morgan fingerprint density at radius 1 is 1.23 bits per heavy atom. The first-order valence-electron chi connectivity index (χ1n) is 5.84. The second-order valence-electron chi connectivity index (χ2n) is 4.32. The summed E-state index contributed by atoms with van der Waals surface area (Å²) in [6.45, 7) is 1.45. The van der Waals surface area contributed by atoms with Gasteiger partial charge in [-0.2, -0.15) is 13.2 Å². The predicted molar refractivity (Wildman–Crippen MR) is 73.5 cm³/mol. The quantitative estimate of drug-likeness (QED) is 0.780. The zero-order valence-corrected chi connectivity index (χ0v) is 12.6. The standard InChI is InChI=1S/C13H9ClF3NO3S/c1-8-7-9(4-5-11(8)22(14,19)20)21-12-10(13(15,16)17)3-2-6-18-12/h2-7H,1H3. The SMILES string of the molecule is Cc1cc(Oc2ncccc2C(F)(F)F)ccc1S(=O)(=O)Cl. The van der Waals surface area contributed by atoms with Crippen LogP contribution in [0.25, 0.3) is 0 Å². The van der Waals surface area contributed by atoms with Crippen LogP contribution in [0.4, 0.5) is 13.2 Å². The molecule has 2 aromatic rings. The first-order valence-corrected chi connectivity index (χ1v) is 8.15. The van der Waals surface area contributed by atoms with Crippen molar-refractivity contribution in [3.05, 3.63) is 47.7 Å². The van der Waals surface area contributed by atoms with Crippen LogP contribution in [0, 0.1) is 6.92 Å². The highest BCUT2D eigenvalue weighted by molar-refractivity contribution is 8.13. The molecule has 2 rings (SSSR count). The molecule has 0 atom stereocenters. The third kappa shape index (κ3) is 3.69. The van der Waals surface area contributed by atoms with Gasteiger partial charge in [0.1, 0.15) is 11.3 Å². The monoisotopic (exact) mass is 351 g/mol. The van der Waals surface area contributed by atoms with Crippen molar-refractivity contribution >= 4 is 19.7 Å². The molecule has 118 valence electrons. The van der Waals surface area contributed by atoms with Gasteiger partial charge < -0.3 is 4.74 Å². The molecule has 0 N–H and O–H groups in total. The summed E-state index contributed by atoms with van der Waals surface area (Å²) in [5.74, 6) is -0.596. The van der Waals surface area contributed by atoms with Gasteiger partial charge in [0.25, 0.3) is 9.05 Å². The van der Waals surface area contributed by atoms with Crippen LogP contribution in [0.3, 0.4) is 0 Å². The molecule has 9 heteroatoms. The molecule has 0 radical (unpaired) electrons. The van der Waals surface area contributed by atoms with E-state index in [9.17, 15) is 21.6 Å². The number of benzene rings is 1. The van der Waals surface area contributed by atoms with Gasteiger partial charge in [0, 0.05) is 16.9 Å². The minimum Gasteiger partial charge on any atom is -0.438 e.